The summed E-state index contributed by atoms with van der Waals surface area (Å²) in [5.74, 6) is 0.729. The first-order valence-corrected chi connectivity index (χ1v) is 9.88. The van der Waals surface area contributed by atoms with E-state index in [9.17, 15) is 9.59 Å². The fraction of sp³-hybridized carbons (Fsp3) is 0.300. The molecule has 0 unspecified atom stereocenters. The van der Waals surface area contributed by atoms with Crippen LogP contribution in [0.25, 0.3) is 5.69 Å². The number of aryl methyl sites for hydroxylation is 2. The maximum atomic E-state index is 12.7. The van der Waals surface area contributed by atoms with Crippen LogP contribution in [0.2, 0.25) is 0 Å². The van der Waals surface area contributed by atoms with Gasteiger partial charge in [0, 0.05) is 29.1 Å². The fourth-order valence-electron chi connectivity index (χ4n) is 3.02. The third-order valence-electron chi connectivity index (χ3n) is 4.46. The highest BCUT2D eigenvalue weighted by molar-refractivity contribution is 7.99. The van der Waals surface area contributed by atoms with Crippen LogP contribution in [-0.2, 0) is 11.2 Å². The molecule has 8 heteroatoms. The van der Waals surface area contributed by atoms with Gasteiger partial charge < -0.3 is 9.30 Å². The molecule has 2 heterocycles. The van der Waals surface area contributed by atoms with Crippen molar-refractivity contribution in [3.63, 3.8) is 0 Å². The van der Waals surface area contributed by atoms with Crippen LogP contribution in [-0.4, -0.2) is 44.4 Å². The molecule has 3 aromatic rings. The van der Waals surface area contributed by atoms with E-state index in [1.54, 1.807) is 12.1 Å². The Bertz CT molecular complexity index is 1010. The maximum absolute atomic E-state index is 12.7. The molecule has 7 nitrogen and oxygen atoms in total. The van der Waals surface area contributed by atoms with Gasteiger partial charge in [0.05, 0.1) is 18.4 Å². The Morgan fingerprint density at radius 3 is 2.54 bits per heavy atom. The molecule has 146 valence electrons. The molecule has 0 fully saturated rings. The summed E-state index contributed by atoms with van der Waals surface area (Å²) in [6.45, 7) is 5.86. The summed E-state index contributed by atoms with van der Waals surface area (Å²) < 4.78 is 6.73. The van der Waals surface area contributed by atoms with Gasteiger partial charge in [-0.05, 0) is 44.2 Å². The summed E-state index contributed by atoms with van der Waals surface area (Å²) in [5, 5.41) is 7.54. The lowest BCUT2D eigenvalue weighted by molar-refractivity contribution is 0.0600. The molecule has 0 amide bonds. The second-order valence-electron chi connectivity index (χ2n) is 6.29. The molecule has 28 heavy (non-hydrogen) atoms. The van der Waals surface area contributed by atoms with Crippen LogP contribution < -0.4 is 0 Å². The predicted octanol–water partition coefficient (Wildman–Crippen LogP) is 3.54. The van der Waals surface area contributed by atoms with E-state index >= 15 is 0 Å². The lowest BCUT2D eigenvalue weighted by Gasteiger charge is -2.10. The van der Waals surface area contributed by atoms with E-state index < -0.39 is 0 Å². The van der Waals surface area contributed by atoms with Crippen molar-refractivity contribution in [2.75, 3.05) is 12.9 Å². The summed E-state index contributed by atoms with van der Waals surface area (Å²) in [4.78, 5) is 28.7. The number of hydrogen-bond donors (Lipinski definition) is 1. The van der Waals surface area contributed by atoms with Crippen molar-refractivity contribution in [2.24, 2.45) is 0 Å². The van der Waals surface area contributed by atoms with Crippen molar-refractivity contribution < 1.29 is 14.3 Å². The molecular formula is C20H22N4O3S. The molecule has 0 bridgehead atoms. The van der Waals surface area contributed by atoms with E-state index in [4.69, 9.17) is 4.74 Å². The van der Waals surface area contributed by atoms with Crippen LogP contribution in [0.4, 0.5) is 0 Å². The van der Waals surface area contributed by atoms with Crippen molar-refractivity contribution in [3.05, 3.63) is 58.7 Å². The number of Topliss-reactive ketones (excluding diaryl/α,β-unsaturated/α-hetero) is 1. The zero-order chi connectivity index (χ0) is 20.3. The zero-order valence-electron chi connectivity index (χ0n) is 16.3. The smallest absolute Gasteiger partial charge is 0.337 e. The normalized spacial score (nSPS) is 10.9. The van der Waals surface area contributed by atoms with Gasteiger partial charge in [-0.2, -0.15) is 0 Å². The highest BCUT2D eigenvalue weighted by atomic mass is 32.2. The third kappa shape index (κ3) is 4.01. The number of nitrogens with zero attached hydrogens (tertiary/aromatic N) is 3. The number of ether oxygens (including phenoxy) is 1. The summed E-state index contributed by atoms with van der Waals surface area (Å²) in [7, 11) is 1.36. The van der Waals surface area contributed by atoms with E-state index in [2.05, 4.69) is 15.2 Å². The van der Waals surface area contributed by atoms with Gasteiger partial charge in [-0.1, -0.05) is 18.7 Å². The lowest BCUT2D eigenvalue weighted by atomic mass is 10.2. The molecule has 1 N–H and O–H groups in total. The average Bonchev–Trinajstić information content (AvgIpc) is 3.29. The Labute approximate surface area is 167 Å². The van der Waals surface area contributed by atoms with Gasteiger partial charge in [0.1, 0.15) is 5.82 Å². The topological polar surface area (TPSA) is 89.9 Å². The third-order valence-corrected chi connectivity index (χ3v) is 5.30. The minimum absolute atomic E-state index is 0.0263. The van der Waals surface area contributed by atoms with Gasteiger partial charge in [-0.25, -0.2) is 9.78 Å². The monoisotopic (exact) mass is 398 g/mol. The fourth-order valence-corrected chi connectivity index (χ4v) is 3.72. The molecule has 0 aliphatic rings. The molecule has 0 atom stereocenters. The highest BCUT2D eigenvalue weighted by Gasteiger charge is 2.18. The minimum Gasteiger partial charge on any atom is -0.465 e. The number of esters is 1. The van der Waals surface area contributed by atoms with Crippen LogP contribution in [0.3, 0.4) is 0 Å². The number of nitrogens with one attached hydrogen (secondary N) is 1. The van der Waals surface area contributed by atoms with Crippen LogP contribution >= 0.6 is 11.8 Å². The molecule has 2 aromatic heterocycles. The molecule has 1 aromatic carbocycles. The van der Waals surface area contributed by atoms with Crippen molar-refractivity contribution in [1.82, 2.24) is 19.7 Å². The van der Waals surface area contributed by atoms with E-state index in [0.29, 0.717) is 16.3 Å². The number of thioether (sulfide) groups is 1. The van der Waals surface area contributed by atoms with Crippen LogP contribution in [0, 0.1) is 13.8 Å². The number of ketones is 1. The molecule has 0 spiro atoms. The first-order chi connectivity index (χ1) is 13.4. The Morgan fingerprint density at radius 2 is 1.93 bits per heavy atom. The van der Waals surface area contributed by atoms with Crippen molar-refractivity contribution in [3.8, 4) is 5.69 Å². The number of aromatic nitrogens is 4. The van der Waals surface area contributed by atoms with Crippen molar-refractivity contribution in [1.29, 1.82) is 0 Å². The number of hydrogen-bond acceptors (Lipinski definition) is 6. The van der Waals surface area contributed by atoms with Gasteiger partial charge in [-0.3, -0.25) is 9.89 Å². The molecule has 0 saturated heterocycles. The summed E-state index contributed by atoms with van der Waals surface area (Å²) in [5.41, 5.74) is 3.85. The molecule has 0 saturated carbocycles. The quantitative estimate of drug-likeness (QED) is 0.372. The summed E-state index contributed by atoms with van der Waals surface area (Å²) in [6, 6.07) is 9.00. The molecule has 0 radical (unpaired) electrons. The Kier molecular flexibility index (Phi) is 5.99. The summed E-state index contributed by atoms with van der Waals surface area (Å²) >= 11 is 1.32. The van der Waals surface area contributed by atoms with Gasteiger partial charge in [-0.15, -0.1) is 5.10 Å². The number of methoxy groups -OCH3 is 1. The second-order valence-corrected chi connectivity index (χ2v) is 7.23. The number of H-pyrrole nitrogens is 1. The van der Waals surface area contributed by atoms with Gasteiger partial charge in [0.25, 0.3) is 0 Å². The Hall–Kier alpha value is -2.87. The summed E-state index contributed by atoms with van der Waals surface area (Å²) in [6.07, 6.45) is 0.775. The minimum atomic E-state index is -0.376. The number of carbonyl (C=O) groups is 2. The molecule has 3 rings (SSSR count). The average molecular weight is 398 g/mol. The first kappa shape index (κ1) is 19.9. The van der Waals surface area contributed by atoms with Crippen molar-refractivity contribution in [2.45, 2.75) is 32.3 Å². The largest absolute Gasteiger partial charge is 0.465 e. The standard InChI is InChI=1S/C20H22N4O3S/c1-5-18-21-20(23-22-18)28-11-17(25)16-10-12(2)24(13(16)3)15-8-6-14(7-9-15)19(26)27-4/h6-10H,5,11H2,1-4H3,(H,21,22,23). The Morgan fingerprint density at radius 1 is 1.21 bits per heavy atom. The SMILES string of the molecule is CCc1nc(SCC(=O)c2cc(C)n(-c3ccc(C(=O)OC)cc3)c2C)n[nH]1. The number of carbonyl (C=O) groups excluding carboxylic acids is 2. The lowest BCUT2D eigenvalue weighted by Crippen LogP contribution is -2.06. The van der Waals surface area contributed by atoms with Crippen molar-refractivity contribution >= 4 is 23.5 Å². The van der Waals surface area contributed by atoms with Gasteiger partial charge in [0.15, 0.2) is 5.78 Å². The predicted molar refractivity (Wildman–Crippen MR) is 107 cm³/mol. The first-order valence-electron chi connectivity index (χ1n) is 8.89. The van der Waals surface area contributed by atoms with E-state index in [0.717, 1.165) is 29.3 Å². The van der Waals surface area contributed by atoms with Crippen LogP contribution in [0.5, 0.6) is 0 Å². The van der Waals surface area contributed by atoms with Gasteiger partial charge in [0.2, 0.25) is 5.16 Å². The number of rotatable bonds is 7. The van der Waals surface area contributed by atoms with Gasteiger partial charge >= 0.3 is 5.97 Å². The second kappa shape index (κ2) is 8.43. The number of benzene rings is 1. The highest BCUT2D eigenvalue weighted by Crippen LogP contribution is 2.24. The van der Waals surface area contributed by atoms with Crippen LogP contribution in [0.1, 0.15) is 44.9 Å². The number of aromatic amines is 1. The Balaban J connectivity index is 1.79. The maximum Gasteiger partial charge on any atom is 0.337 e. The molecular weight excluding hydrogens is 376 g/mol. The van der Waals surface area contributed by atoms with E-state index in [1.807, 2.05) is 43.5 Å². The zero-order valence-corrected chi connectivity index (χ0v) is 17.1. The van der Waals surface area contributed by atoms with Crippen LogP contribution in [0.15, 0.2) is 35.5 Å². The molecule has 0 aliphatic carbocycles. The van der Waals surface area contributed by atoms with E-state index in [1.165, 1.54) is 18.9 Å². The molecule has 0 aliphatic heterocycles. The van der Waals surface area contributed by atoms with E-state index in [-0.39, 0.29) is 17.5 Å².